The number of nitrogens with zero attached hydrogens (tertiary/aromatic N) is 9. The number of benzene rings is 2. The van der Waals surface area contributed by atoms with Gasteiger partial charge in [-0.2, -0.15) is 4.68 Å². The minimum atomic E-state index is -0.450. The Bertz CT molecular complexity index is 3040. The number of Topliss-reactive ketones (excluding diaryl/α,β-unsaturated/α-hetero) is 3. The maximum absolute atomic E-state index is 14.9. The van der Waals surface area contributed by atoms with Gasteiger partial charge in [-0.05, 0) is 152 Å². The first-order valence-electron chi connectivity index (χ1n) is 30.0. The summed E-state index contributed by atoms with van der Waals surface area (Å²) in [4.78, 5) is 91.2. The second-order valence-electron chi connectivity index (χ2n) is 23.5. The molecule has 4 fully saturated rings. The van der Waals surface area contributed by atoms with Crippen LogP contribution >= 0.6 is 11.8 Å². The highest BCUT2D eigenvalue weighted by atomic mass is 32.2. The zero-order valence-electron chi connectivity index (χ0n) is 47.6. The number of aromatic nitrogens is 3. The summed E-state index contributed by atoms with van der Waals surface area (Å²) in [5.74, 6) is 0.772. The number of anilines is 2. The lowest BCUT2D eigenvalue weighted by Crippen LogP contribution is -2.48. The van der Waals surface area contributed by atoms with Crippen LogP contribution in [-0.4, -0.2) is 133 Å². The monoisotopic (exact) mass is 1120 g/mol. The molecular formula is C63H80FN11O5S. The predicted octanol–water partition coefficient (Wildman–Crippen LogP) is 10.3. The van der Waals surface area contributed by atoms with E-state index in [1.54, 1.807) is 35.8 Å². The van der Waals surface area contributed by atoms with Crippen LogP contribution in [0, 0.1) is 31.1 Å². The molecule has 10 rings (SSSR count). The number of aryl methyl sites for hydroxylation is 2. The van der Waals surface area contributed by atoms with E-state index in [1.165, 1.54) is 12.1 Å². The summed E-state index contributed by atoms with van der Waals surface area (Å²) >= 11 is 1.60. The molecule has 2 amide bonds. The summed E-state index contributed by atoms with van der Waals surface area (Å²) in [6, 6.07) is 12.9. The zero-order valence-corrected chi connectivity index (χ0v) is 48.4. The third-order valence-corrected chi connectivity index (χ3v) is 19.2. The van der Waals surface area contributed by atoms with E-state index in [9.17, 15) is 28.4 Å². The normalized spacial score (nSPS) is 21.1. The molecule has 3 saturated heterocycles. The highest BCUT2D eigenvalue weighted by molar-refractivity contribution is 8.14. The summed E-state index contributed by atoms with van der Waals surface area (Å²) in [7, 11) is 1.79. The summed E-state index contributed by atoms with van der Waals surface area (Å²) in [5.41, 5.74) is 12.0. The van der Waals surface area contributed by atoms with Gasteiger partial charge in [0.2, 0.25) is 5.91 Å². The molecule has 16 nitrogen and oxygen atoms in total. The smallest absolute Gasteiger partial charge is 0.260 e. The van der Waals surface area contributed by atoms with Crippen molar-refractivity contribution >= 4 is 63.3 Å². The van der Waals surface area contributed by atoms with Gasteiger partial charge in [-0.1, -0.05) is 62.1 Å². The van der Waals surface area contributed by atoms with Crippen molar-refractivity contribution in [3.8, 4) is 11.1 Å². The summed E-state index contributed by atoms with van der Waals surface area (Å²) in [6.07, 6.45) is 16.3. The summed E-state index contributed by atoms with van der Waals surface area (Å²) in [5, 5.41) is 8.95. The van der Waals surface area contributed by atoms with Crippen LogP contribution in [0.15, 0.2) is 59.7 Å². The fourth-order valence-corrected chi connectivity index (χ4v) is 14.3. The molecule has 2 aromatic heterocycles. The minimum Gasteiger partial charge on any atom is -0.382 e. The van der Waals surface area contributed by atoms with E-state index in [2.05, 4.69) is 24.9 Å². The number of hydrogen-bond donors (Lipinski definition) is 2. The number of aliphatic imine (C=N–C) groups is 1. The first-order valence-corrected chi connectivity index (χ1v) is 30.9. The molecule has 5 aliphatic heterocycles. The first kappa shape index (κ1) is 57.9. The van der Waals surface area contributed by atoms with Crippen molar-refractivity contribution < 1.29 is 28.4 Å². The maximum Gasteiger partial charge on any atom is 0.260 e. The predicted molar refractivity (Wildman–Crippen MR) is 316 cm³/mol. The zero-order chi connectivity index (χ0) is 56.7. The molecule has 5 atom stereocenters. The maximum atomic E-state index is 14.9. The lowest BCUT2D eigenvalue weighted by Gasteiger charge is -2.38. The van der Waals surface area contributed by atoms with Gasteiger partial charge in [0, 0.05) is 73.0 Å². The van der Waals surface area contributed by atoms with Crippen molar-refractivity contribution in [2.24, 2.45) is 16.8 Å². The quantitative estimate of drug-likeness (QED) is 0.0408. The number of ketones is 3. The van der Waals surface area contributed by atoms with Crippen LogP contribution in [0.5, 0.6) is 0 Å². The number of hydrogen-bond acceptors (Lipinski definition) is 13. The fraction of sp³-hybridized carbons (Fsp3) is 0.571. The highest BCUT2D eigenvalue weighted by Gasteiger charge is 2.44. The van der Waals surface area contributed by atoms with Crippen molar-refractivity contribution in [3.05, 3.63) is 99.9 Å². The van der Waals surface area contributed by atoms with Gasteiger partial charge in [-0.3, -0.25) is 29.0 Å². The lowest BCUT2D eigenvalue weighted by atomic mass is 9.79. The number of carbonyl (C=O) groups excluding carboxylic acids is 5. The summed E-state index contributed by atoms with van der Waals surface area (Å²) in [6.45, 7) is 16.9. The van der Waals surface area contributed by atoms with Gasteiger partial charge >= 0.3 is 0 Å². The van der Waals surface area contributed by atoms with Crippen LogP contribution in [0.3, 0.4) is 0 Å². The molecule has 0 radical (unpaired) electrons. The van der Waals surface area contributed by atoms with Gasteiger partial charge in [0.15, 0.2) is 5.78 Å². The fourth-order valence-electron chi connectivity index (χ4n) is 13.1. The Hall–Kier alpha value is -6.29. The molecule has 7 heterocycles. The Labute approximate surface area is 481 Å². The average molecular weight is 1120 g/mol. The highest BCUT2D eigenvalue weighted by Crippen LogP contribution is 2.45. The van der Waals surface area contributed by atoms with E-state index >= 15 is 0 Å². The van der Waals surface area contributed by atoms with E-state index in [0.717, 1.165) is 120 Å². The molecule has 2 aromatic carbocycles. The van der Waals surface area contributed by atoms with Crippen LogP contribution in [0.2, 0.25) is 0 Å². The number of fused-ring (bicyclic) bond motifs is 8. The van der Waals surface area contributed by atoms with Crippen LogP contribution in [0.25, 0.3) is 16.0 Å². The molecule has 6 aliphatic rings. The Balaban J connectivity index is 0.671. The van der Waals surface area contributed by atoms with Crippen molar-refractivity contribution in [1.29, 1.82) is 0 Å². The first-order chi connectivity index (χ1) is 39.3. The van der Waals surface area contributed by atoms with Crippen molar-refractivity contribution in [1.82, 2.24) is 34.8 Å². The van der Waals surface area contributed by atoms with Gasteiger partial charge in [0.05, 0.1) is 41.9 Å². The number of piperidine rings is 1. The topological polar surface area (TPSA) is 184 Å². The number of nitrogens with two attached hydrogens (primary N) is 1. The van der Waals surface area contributed by atoms with E-state index in [-0.39, 0.29) is 78.1 Å². The number of thioether (sulfide) groups is 1. The second kappa shape index (κ2) is 26.3. The van der Waals surface area contributed by atoms with Crippen molar-refractivity contribution in [2.45, 2.75) is 173 Å². The molecular weight excluding hydrogens is 1040 g/mol. The number of nitrogen functional groups attached to an aromatic ring is 1. The third kappa shape index (κ3) is 13.3. The number of unbranched alkanes of at least 4 members (excludes halogenated alkanes) is 5. The Morgan fingerprint density at radius 1 is 0.864 bits per heavy atom. The molecule has 2 bridgehead atoms. The van der Waals surface area contributed by atoms with Crippen LogP contribution in [-0.2, 0) is 27.5 Å². The number of nitrogens with one attached hydrogen (secondary N) is 1. The molecule has 4 aromatic rings. The van der Waals surface area contributed by atoms with Gasteiger partial charge < -0.3 is 35.5 Å². The number of carbonyl (C=O) groups is 5. The second-order valence-corrected chi connectivity index (χ2v) is 24.6. The number of rotatable bonds is 23. The molecule has 1 saturated carbocycles. The van der Waals surface area contributed by atoms with Crippen molar-refractivity contribution in [3.63, 3.8) is 0 Å². The molecule has 0 spiro atoms. The van der Waals surface area contributed by atoms with Gasteiger partial charge in [-0.15, -0.1) is 16.9 Å². The number of pyridine rings is 1. The van der Waals surface area contributed by atoms with E-state index in [4.69, 9.17) is 22.4 Å². The standard InChI is InChI=1S/C63H80FN11O5S/c1-40-18-20-43(21-19-40)58(78)52-39-81-61(69-52)54-17-13-30-73(54)63(80)49(36-56(77)41(2)66-3)42-26-32-71(33-27-42)28-10-8-6-5-7-9-14-47(76)15-11-31-75-60(67-4)57-44-34-55(59(65)68-37-44)72-29-12-16-53(72)50-35-45(64)22-25-48(50)62(79)74(46-23-24-46)38-51(57)70-75/h18-22,25,34-35,37,41-42,46,49,52-54,66H,5-17,23-24,26-33,36,38-39H2,1-3H3,(H2,65,68)/t41-,49-,52?,53-,54-/m1/s1. The SMILES string of the molecule is [C-]#[N+]c1c2c(nn1CCCC(=O)CCCCCCCCN1CCC([C@@H](CC(=O)[C@@H](C)NC)C(=O)N3CCC[C@@H]3C3=NC(C(=O)c4ccc(C)cc4)CS3)CC1)CN(C1CC1)C(=O)c1ccc(F)cc1[C@H]1CCCN1c1cc-2cnc1N. The van der Waals surface area contributed by atoms with Crippen LogP contribution < -0.4 is 16.0 Å². The Morgan fingerprint density at radius 2 is 1.59 bits per heavy atom. The minimum absolute atomic E-state index is 0.0182. The number of halogens is 1. The Kier molecular flexibility index (Phi) is 18.8. The lowest BCUT2D eigenvalue weighted by molar-refractivity contribution is -0.140. The van der Waals surface area contributed by atoms with Gasteiger partial charge in [0.25, 0.3) is 11.7 Å². The van der Waals surface area contributed by atoms with E-state index < -0.39 is 11.9 Å². The Morgan fingerprint density at radius 3 is 2.35 bits per heavy atom. The third-order valence-electron chi connectivity index (χ3n) is 18.0. The molecule has 3 N–H and O–H groups in total. The largest absolute Gasteiger partial charge is 0.382 e. The van der Waals surface area contributed by atoms with Gasteiger partial charge in [-0.25, -0.2) is 9.37 Å². The number of likely N-dealkylation sites (tertiary alicyclic amines) is 2. The van der Waals surface area contributed by atoms with Crippen molar-refractivity contribution in [2.75, 3.05) is 56.2 Å². The number of likely N-dealkylation sites (N-methyl/N-ethyl adjacent to an activating group) is 1. The molecule has 18 heteroatoms. The van der Waals surface area contributed by atoms with Crippen LogP contribution in [0.1, 0.15) is 166 Å². The van der Waals surface area contributed by atoms with E-state index in [1.807, 2.05) is 54.0 Å². The van der Waals surface area contributed by atoms with Gasteiger partial charge in [0.1, 0.15) is 34.9 Å². The van der Waals surface area contributed by atoms with E-state index in [0.29, 0.717) is 95.5 Å². The average Bonchev–Trinajstić information content (AvgIpc) is 4.04. The molecule has 81 heavy (non-hydrogen) atoms. The number of amides is 2. The molecule has 1 unspecified atom stereocenters. The molecule has 1 aliphatic carbocycles. The molecule has 430 valence electrons. The summed E-state index contributed by atoms with van der Waals surface area (Å²) < 4.78 is 16.6. The van der Waals surface area contributed by atoms with Crippen LogP contribution in [0.4, 0.5) is 21.7 Å².